The molecule has 2 rings (SSSR count). The number of anilines is 1. The van der Waals surface area contributed by atoms with E-state index in [0.29, 0.717) is 17.2 Å². The molecule has 142 valence electrons. The number of hydrogen-bond acceptors (Lipinski definition) is 4. The van der Waals surface area contributed by atoms with E-state index in [0.717, 1.165) is 11.1 Å². The van der Waals surface area contributed by atoms with E-state index in [2.05, 4.69) is 10.6 Å². The largest absolute Gasteiger partial charge is 0.497 e. The number of rotatable bonds is 7. The molecule has 0 spiro atoms. The van der Waals surface area contributed by atoms with Crippen molar-refractivity contribution in [3.8, 4) is 11.5 Å². The van der Waals surface area contributed by atoms with Crippen LogP contribution in [0.3, 0.4) is 0 Å². The number of benzene rings is 2. The summed E-state index contributed by atoms with van der Waals surface area (Å²) >= 11 is 0. The standard InChI is InChI=1S/C21H24N2O4/c1-14(19-13-18(26-3)10-11-20(19)27-4)22-21(25)12-7-16-5-8-17(9-6-16)23-15(2)24/h5-14H,1-4H3,(H,22,25)(H,23,24)/b12-7+. The maximum absolute atomic E-state index is 12.2. The monoisotopic (exact) mass is 368 g/mol. The third-order valence-corrected chi connectivity index (χ3v) is 3.92. The first-order valence-electron chi connectivity index (χ1n) is 8.51. The van der Waals surface area contributed by atoms with Crippen LogP contribution in [-0.4, -0.2) is 26.0 Å². The highest BCUT2D eigenvalue weighted by molar-refractivity contribution is 5.92. The molecule has 0 radical (unpaired) electrons. The number of methoxy groups -OCH3 is 2. The molecule has 2 aromatic carbocycles. The summed E-state index contributed by atoms with van der Waals surface area (Å²) in [5.41, 5.74) is 2.40. The summed E-state index contributed by atoms with van der Waals surface area (Å²) in [6, 6.07) is 12.4. The minimum absolute atomic E-state index is 0.125. The van der Waals surface area contributed by atoms with Crippen LogP contribution in [0.4, 0.5) is 5.69 Å². The third-order valence-electron chi connectivity index (χ3n) is 3.92. The van der Waals surface area contributed by atoms with Gasteiger partial charge in [-0.25, -0.2) is 0 Å². The van der Waals surface area contributed by atoms with Crippen LogP contribution < -0.4 is 20.1 Å². The van der Waals surface area contributed by atoms with Crippen molar-refractivity contribution in [2.45, 2.75) is 19.9 Å². The number of ether oxygens (including phenoxy) is 2. The summed E-state index contributed by atoms with van der Waals surface area (Å²) in [5, 5.41) is 5.61. The molecule has 0 saturated heterocycles. The van der Waals surface area contributed by atoms with Gasteiger partial charge in [0.05, 0.1) is 20.3 Å². The van der Waals surface area contributed by atoms with Gasteiger partial charge in [0.2, 0.25) is 11.8 Å². The van der Waals surface area contributed by atoms with Crippen molar-refractivity contribution in [2.75, 3.05) is 19.5 Å². The highest BCUT2D eigenvalue weighted by Gasteiger charge is 2.14. The van der Waals surface area contributed by atoms with Gasteiger partial charge in [0.15, 0.2) is 0 Å². The average Bonchev–Trinajstić information content (AvgIpc) is 2.66. The number of amides is 2. The molecule has 0 aliphatic heterocycles. The smallest absolute Gasteiger partial charge is 0.244 e. The van der Waals surface area contributed by atoms with Crippen LogP contribution >= 0.6 is 0 Å². The minimum atomic E-state index is -0.255. The van der Waals surface area contributed by atoms with E-state index in [1.54, 1.807) is 38.5 Å². The second-order valence-electron chi connectivity index (χ2n) is 5.97. The van der Waals surface area contributed by atoms with E-state index >= 15 is 0 Å². The van der Waals surface area contributed by atoms with Crippen LogP contribution in [0.1, 0.15) is 31.0 Å². The van der Waals surface area contributed by atoms with E-state index < -0.39 is 0 Å². The molecule has 0 saturated carbocycles. The van der Waals surface area contributed by atoms with Crippen LogP contribution in [0.25, 0.3) is 6.08 Å². The molecule has 2 amide bonds. The fourth-order valence-corrected chi connectivity index (χ4v) is 2.57. The zero-order chi connectivity index (χ0) is 19.8. The Morgan fingerprint density at radius 3 is 2.33 bits per heavy atom. The summed E-state index contributed by atoms with van der Waals surface area (Å²) in [6.07, 6.45) is 3.18. The van der Waals surface area contributed by atoms with Crippen molar-refractivity contribution < 1.29 is 19.1 Å². The van der Waals surface area contributed by atoms with E-state index in [4.69, 9.17) is 9.47 Å². The summed E-state index contributed by atoms with van der Waals surface area (Å²) in [7, 11) is 3.18. The Labute approximate surface area is 159 Å². The van der Waals surface area contributed by atoms with Crippen LogP contribution in [0.15, 0.2) is 48.5 Å². The maximum atomic E-state index is 12.2. The molecule has 1 atom stereocenters. The van der Waals surface area contributed by atoms with E-state index in [9.17, 15) is 9.59 Å². The predicted molar refractivity (Wildman–Crippen MR) is 106 cm³/mol. The normalized spacial score (nSPS) is 11.7. The first-order chi connectivity index (χ1) is 12.9. The first-order valence-corrected chi connectivity index (χ1v) is 8.51. The Bertz CT molecular complexity index is 829. The van der Waals surface area contributed by atoms with Gasteiger partial charge in [0.1, 0.15) is 11.5 Å². The summed E-state index contributed by atoms with van der Waals surface area (Å²) in [5.74, 6) is 1.03. The molecule has 0 aliphatic rings. The summed E-state index contributed by atoms with van der Waals surface area (Å²) in [6.45, 7) is 3.34. The van der Waals surface area contributed by atoms with Crippen molar-refractivity contribution in [3.63, 3.8) is 0 Å². The van der Waals surface area contributed by atoms with Crippen molar-refractivity contribution in [2.24, 2.45) is 0 Å². The highest BCUT2D eigenvalue weighted by Crippen LogP contribution is 2.29. The summed E-state index contributed by atoms with van der Waals surface area (Å²) < 4.78 is 10.6. The van der Waals surface area contributed by atoms with E-state index in [1.807, 2.05) is 31.2 Å². The number of carbonyl (C=O) groups excluding carboxylic acids is 2. The Balaban J connectivity index is 2.02. The molecule has 0 aromatic heterocycles. The molecule has 27 heavy (non-hydrogen) atoms. The fraction of sp³-hybridized carbons (Fsp3) is 0.238. The minimum Gasteiger partial charge on any atom is -0.497 e. The highest BCUT2D eigenvalue weighted by atomic mass is 16.5. The first kappa shape index (κ1) is 20.0. The predicted octanol–water partition coefficient (Wildman–Crippen LogP) is 3.55. The Morgan fingerprint density at radius 1 is 1.04 bits per heavy atom. The Morgan fingerprint density at radius 2 is 1.74 bits per heavy atom. The van der Waals surface area contributed by atoms with E-state index in [-0.39, 0.29) is 17.9 Å². The molecular formula is C21H24N2O4. The Hall–Kier alpha value is -3.28. The van der Waals surface area contributed by atoms with E-state index in [1.165, 1.54) is 13.0 Å². The van der Waals surface area contributed by atoms with Crippen LogP contribution in [-0.2, 0) is 9.59 Å². The van der Waals surface area contributed by atoms with Crippen molar-refractivity contribution in [1.29, 1.82) is 0 Å². The van der Waals surface area contributed by atoms with Gasteiger partial charge >= 0.3 is 0 Å². The SMILES string of the molecule is COc1ccc(OC)c(C(C)NC(=O)/C=C/c2ccc(NC(C)=O)cc2)c1. The number of nitrogens with one attached hydrogen (secondary N) is 2. The molecule has 2 N–H and O–H groups in total. The van der Waals surface area contributed by atoms with Gasteiger partial charge < -0.3 is 20.1 Å². The molecule has 0 bridgehead atoms. The number of hydrogen-bond donors (Lipinski definition) is 2. The van der Waals surface area contributed by atoms with Gasteiger partial charge in [-0.05, 0) is 48.9 Å². The topological polar surface area (TPSA) is 76.7 Å². The lowest BCUT2D eigenvalue weighted by atomic mass is 10.1. The Kier molecular flexibility index (Phi) is 7.00. The zero-order valence-corrected chi connectivity index (χ0v) is 15.9. The molecule has 1 unspecified atom stereocenters. The van der Waals surface area contributed by atoms with Gasteiger partial charge in [0.25, 0.3) is 0 Å². The molecule has 6 heteroatoms. The quantitative estimate of drug-likeness (QED) is 0.733. The van der Waals surface area contributed by atoms with Crippen LogP contribution in [0, 0.1) is 0 Å². The number of carbonyl (C=O) groups is 2. The molecule has 0 fully saturated rings. The van der Waals surface area contributed by atoms with Gasteiger partial charge in [0, 0.05) is 24.3 Å². The molecule has 0 aliphatic carbocycles. The third kappa shape index (κ3) is 5.88. The van der Waals surface area contributed by atoms with Crippen LogP contribution in [0.5, 0.6) is 11.5 Å². The lowest BCUT2D eigenvalue weighted by Crippen LogP contribution is -2.25. The van der Waals surface area contributed by atoms with Gasteiger partial charge in [-0.15, -0.1) is 0 Å². The van der Waals surface area contributed by atoms with Gasteiger partial charge in [-0.2, -0.15) is 0 Å². The van der Waals surface area contributed by atoms with Crippen LogP contribution in [0.2, 0.25) is 0 Å². The molecule has 6 nitrogen and oxygen atoms in total. The molecule has 2 aromatic rings. The zero-order valence-electron chi connectivity index (χ0n) is 15.9. The second-order valence-corrected chi connectivity index (χ2v) is 5.97. The second kappa shape index (κ2) is 9.43. The lowest BCUT2D eigenvalue weighted by molar-refractivity contribution is -0.117. The summed E-state index contributed by atoms with van der Waals surface area (Å²) in [4.78, 5) is 23.3. The van der Waals surface area contributed by atoms with Crippen molar-refractivity contribution in [1.82, 2.24) is 5.32 Å². The average molecular weight is 368 g/mol. The fourth-order valence-electron chi connectivity index (χ4n) is 2.57. The molecule has 0 heterocycles. The maximum Gasteiger partial charge on any atom is 0.244 e. The van der Waals surface area contributed by atoms with Gasteiger partial charge in [-0.3, -0.25) is 9.59 Å². The van der Waals surface area contributed by atoms with Crippen molar-refractivity contribution in [3.05, 3.63) is 59.7 Å². The lowest BCUT2D eigenvalue weighted by Gasteiger charge is -2.17. The van der Waals surface area contributed by atoms with Gasteiger partial charge in [-0.1, -0.05) is 12.1 Å². The van der Waals surface area contributed by atoms with Crippen molar-refractivity contribution >= 4 is 23.6 Å². The molecular weight excluding hydrogens is 344 g/mol.